The standard InChI is InChI=1S/C36H52O11/c1-3-4-5-6-7-8-9-10-11-12-13-14-15-16-20-23-31(39)43-24-29(38)25-45-36-33(41)32(40)34(46-27(2)37)30(47-36)26-44-35(42)28-21-18-17-19-22-28/h4-5,7-8,10-11,17-19,21-22,29-30,32-34,36,38,40-41H,3,6,9,12-16,20,23-26H2,1-2H3/b5-4-,8-7-,11-10-. The molecule has 47 heavy (non-hydrogen) atoms. The molecule has 0 spiro atoms. The number of allylic oxidation sites excluding steroid dienone is 6. The Hall–Kier alpha value is -3.35. The molecule has 6 atom stereocenters. The van der Waals surface area contributed by atoms with Crippen LogP contribution in [-0.2, 0) is 33.3 Å². The Morgan fingerprint density at radius 1 is 0.851 bits per heavy atom. The van der Waals surface area contributed by atoms with Gasteiger partial charge in [0, 0.05) is 13.3 Å². The monoisotopic (exact) mass is 660 g/mol. The molecule has 11 nitrogen and oxygen atoms in total. The van der Waals surface area contributed by atoms with Crippen molar-refractivity contribution in [3.63, 3.8) is 0 Å². The molecule has 2 rings (SSSR count). The number of unbranched alkanes of at least 4 members (excludes halogenated alkanes) is 5. The average Bonchev–Trinajstić information content (AvgIpc) is 3.06. The number of rotatable bonds is 22. The van der Waals surface area contributed by atoms with Crippen molar-refractivity contribution >= 4 is 17.9 Å². The molecular weight excluding hydrogens is 608 g/mol. The summed E-state index contributed by atoms with van der Waals surface area (Å²) in [6.07, 6.45) is 13.7. The van der Waals surface area contributed by atoms with Crippen LogP contribution in [-0.4, -0.2) is 89.9 Å². The molecule has 6 unspecified atom stereocenters. The number of hydrogen-bond donors (Lipinski definition) is 3. The molecule has 0 amide bonds. The van der Waals surface area contributed by atoms with Crippen molar-refractivity contribution in [2.45, 2.75) is 115 Å². The Morgan fingerprint density at radius 3 is 2.21 bits per heavy atom. The summed E-state index contributed by atoms with van der Waals surface area (Å²) in [6.45, 7) is 2.12. The molecule has 11 heteroatoms. The number of ether oxygens (including phenoxy) is 5. The highest BCUT2D eigenvalue weighted by atomic mass is 16.7. The Balaban J connectivity index is 1.63. The van der Waals surface area contributed by atoms with Crippen LogP contribution in [0.1, 0.15) is 88.4 Å². The van der Waals surface area contributed by atoms with E-state index in [2.05, 4.69) is 43.4 Å². The van der Waals surface area contributed by atoms with Crippen LogP contribution >= 0.6 is 0 Å². The van der Waals surface area contributed by atoms with E-state index in [1.165, 1.54) is 0 Å². The molecule has 3 N–H and O–H groups in total. The maximum Gasteiger partial charge on any atom is 0.338 e. The second-order valence-corrected chi connectivity index (χ2v) is 11.3. The lowest BCUT2D eigenvalue weighted by molar-refractivity contribution is -0.306. The van der Waals surface area contributed by atoms with E-state index in [0.29, 0.717) is 6.42 Å². The molecule has 0 bridgehead atoms. The van der Waals surface area contributed by atoms with Gasteiger partial charge in [-0.3, -0.25) is 9.59 Å². The van der Waals surface area contributed by atoms with E-state index in [1.54, 1.807) is 30.3 Å². The number of carbonyl (C=O) groups is 3. The fourth-order valence-electron chi connectivity index (χ4n) is 4.73. The van der Waals surface area contributed by atoms with Crippen LogP contribution in [0.25, 0.3) is 0 Å². The molecular formula is C36H52O11. The first-order valence-electron chi connectivity index (χ1n) is 16.5. The SMILES string of the molecule is CC/C=C\C/C=C\C/C=C\CCCCCCCC(=O)OCC(O)COC1OC(COC(=O)c2ccccc2)C(OC(C)=O)C(O)C1O. The lowest BCUT2D eigenvalue weighted by Gasteiger charge is -2.41. The van der Waals surface area contributed by atoms with Gasteiger partial charge in [0.1, 0.15) is 37.6 Å². The Kier molecular flexibility index (Phi) is 20.2. The van der Waals surface area contributed by atoms with Gasteiger partial charge in [-0.2, -0.15) is 0 Å². The van der Waals surface area contributed by atoms with Gasteiger partial charge in [0.2, 0.25) is 0 Å². The molecule has 1 aromatic rings. The largest absolute Gasteiger partial charge is 0.463 e. The summed E-state index contributed by atoms with van der Waals surface area (Å²) < 4.78 is 26.7. The Morgan fingerprint density at radius 2 is 1.51 bits per heavy atom. The second-order valence-electron chi connectivity index (χ2n) is 11.3. The average molecular weight is 661 g/mol. The zero-order valence-corrected chi connectivity index (χ0v) is 27.6. The summed E-state index contributed by atoms with van der Waals surface area (Å²) in [5.74, 6) is -1.83. The van der Waals surface area contributed by atoms with Crippen molar-refractivity contribution in [3.8, 4) is 0 Å². The lowest BCUT2D eigenvalue weighted by atomic mass is 9.99. The summed E-state index contributed by atoms with van der Waals surface area (Å²) in [7, 11) is 0. The minimum absolute atomic E-state index is 0.241. The van der Waals surface area contributed by atoms with Gasteiger partial charge >= 0.3 is 17.9 Å². The smallest absolute Gasteiger partial charge is 0.338 e. The number of benzene rings is 1. The normalized spacial score (nSPS) is 22.1. The van der Waals surface area contributed by atoms with Gasteiger partial charge in [-0.25, -0.2) is 4.79 Å². The van der Waals surface area contributed by atoms with Crippen LogP contribution < -0.4 is 0 Å². The molecule has 1 aromatic carbocycles. The highest BCUT2D eigenvalue weighted by molar-refractivity contribution is 5.89. The van der Waals surface area contributed by atoms with E-state index < -0.39 is 67.9 Å². The van der Waals surface area contributed by atoms with Crippen molar-refractivity contribution in [3.05, 3.63) is 72.4 Å². The van der Waals surface area contributed by atoms with E-state index in [1.807, 2.05) is 0 Å². The van der Waals surface area contributed by atoms with Crippen LogP contribution in [0.3, 0.4) is 0 Å². The molecule has 0 aromatic heterocycles. The summed E-state index contributed by atoms with van der Waals surface area (Å²) in [5.41, 5.74) is 0.285. The van der Waals surface area contributed by atoms with E-state index in [9.17, 15) is 29.7 Å². The van der Waals surface area contributed by atoms with Crippen molar-refractivity contribution < 1.29 is 53.4 Å². The van der Waals surface area contributed by atoms with Gasteiger partial charge in [-0.15, -0.1) is 0 Å². The number of esters is 3. The first-order chi connectivity index (χ1) is 22.7. The van der Waals surface area contributed by atoms with Crippen molar-refractivity contribution in [1.82, 2.24) is 0 Å². The van der Waals surface area contributed by atoms with E-state index in [-0.39, 0.29) is 18.6 Å². The van der Waals surface area contributed by atoms with Gasteiger partial charge in [-0.1, -0.05) is 80.8 Å². The predicted molar refractivity (Wildman–Crippen MR) is 175 cm³/mol. The summed E-state index contributed by atoms with van der Waals surface area (Å²) in [5, 5.41) is 31.4. The molecule has 1 saturated heterocycles. The van der Waals surface area contributed by atoms with E-state index >= 15 is 0 Å². The fraction of sp³-hybridized carbons (Fsp3) is 0.583. The summed E-state index contributed by atoms with van der Waals surface area (Å²) >= 11 is 0. The number of carbonyl (C=O) groups excluding carboxylic acids is 3. The molecule has 0 saturated carbocycles. The van der Waals surface area contributed by atoms with Crippen LogP contribution in [0, 0.1) is 0 Å². The Bertz CT molecular complexity index is 1120. The van der Waals surface area contributed by atoms with Crippen molar-refractivity contribution in [2.75, 3.05) is 19.8 Å². The minimum Gasteiger partial charge on any atom is -0.463 e. The van der Waals surface area contributed by atoms with Gasteiger partial charge < -0.3 is 39.0 Å². The van der Waals surface area contributed by atoms with Gasteiger partial charge in [0.05, 0.1) is 12.2 Å². The van der Waals surface area contributed by atoms with E-state index in [0.717, 1.165) is 58.3 Å². The predicted octanol–water partition coefficient (Wildman–Crippen LogP) is 4.73. The third kappa shape index (κ3) is 16.9. The third-order valence-corrected chi connectivity index (χ3v) is 7.25. The van der Waals surface area contributed by atoms with Crippen LogP contribution in [0.2, 0.25) is 0 Å². The molecule has 262 valence electrons. The zero-order valence-electron chi connectivity index (χ0n) is 27.6. The Labute approximate surface area is 278 Å². The van der Waals surface area contributed by atoms with Gasteiger partial charge in [0.25, 0.3) is 0 Å². The molecule has 0 aliphatic carbocycles. The molecule has 1 fully saturated rings. The summed E-state index contributed by atoms with van der Waals surface area (Å²) in [6, 6.07) is 8.19. The minimum atomic E-state index is -1.65. The lowest BCUT2D eigenvalue weighted by Crippen LogP contribution is -2.61. The van der Waals surface area contributed by atoms with Crippen molar-refractivity contribution in [1.29, 1.82) is 0 Å². The first-order valence-corrected chi connectivity index (χ1v) is 16.5. The first kappa shape index (κ1) is 39.8. The van der Waals surface area contributed by atoms with Crippen LogP contribution in [0.5, 0.6) is 0 Å². The summed E-state index contributed by atoms with van der Waals surface area (Å²) in [4.78, 5) is 36.1. The maximum absolute atomic E-state index is 12.4. The molecule has 1 heterocycles. The van der Waals surface area contributed by atoms with Crippen LogP contribution in [0.4, 0.5) is 0 Å². The highest BCUT2D eigenvalue weighted by Gasteiger charge is 2.47. The quantitative estimate of drug-likeness (QED) is 0.0683. The molecule has 1 aliphatic rings. The third-order valence-electron chi connectivity index (χ3n) is 7.25. The number of aliphatic hydroxyl groups excluding tert-OH is 3. The highest BCUT2D eigenvalue weighted by Crippen LogP contribution is 2.25. The van der Waals surface area contributed by atoms with E-state index in [4.69, 9.17) is 23.7 Å². The second kappa shape index (κ2) is 23.9. The van der Waals surface area contributed by atoms with Gasteiger partial charge in [0.15, 0.2) is 12.4 Å². The number of hydrogen-bond acceptors (Lipinski definition) is 11. The molecule has 0 radical (unpaired) electrons. The fourth-order valence-corrected chi connectivity index (χ4v) is 4.73. The number of aliphatic hydroxyl groups is 3. The zero-order chi connectivity index (χ0) is 34.3. The topological polar surface area (TPSA) is 158 Å². The van der Waals surface area contributed by atoms with Crippen LogP contribution in [0.15, 0.2) is 66.8 Å². The maximum atomic E-state index is 12.4. The van der Waals surface area contributed by atoms with Gasteiger partial charge in [-0.05, 0) is 50.7 Å². The van der Waals surface area contributed by atoms with Crippen molar-refractivity contribution in [2.24, 2.45) is 0 Å². The molecule has 1 aliphatic heterocycles.